The van der Waals surface area contributed by atoms with Crippen molar-refractivity contribution in [3.05, 3.63) is 29.8 Å². The molecule has 0 radical (unpaired) electrons. The van der Waals surface area contributed by atoms with Gasteiger partial charge in [0.25, 0.3) is 0 Å². The van der Waals surface area contributed by atoms with Crippen LogP contribution in [0.15, 0.2) is 24.3 Å². The minimum Gasteiger partial charge on any atom is -0.369 e. The smallest absolute Gasteiger partial charge is 0.224 e. The fraction of sp³-hybridized carbons (Fsp3) is 0.562. The van der Waals surface area contributed by atoms with E-state index in [0.717, 1.165) is 31.7 Å². The molecule has 1 saturated heterocycles. The second kappa shape index (κ2) is 6.27. The summed E-state index contributed by atoms with van der Waals surface area (Å²) in [4.78, 5) is 14.3. The lowest BCUT2D eigenvalue weighted by Crippen LogP contribution is -2.43. The Balaban J connectivity index is 1.92. The Morgan fingerprint density at radius 1 is 1.20 bits per heavy atom. The SMILES string of the molecule is CC(C)(C)NC(=O)Cc1ccc(N2CCNCC2)cc1. The van der Waals surface area contributed by atoms with Crippen LogP contribution in [-0.2, 0) is 11.2 Å². The van der Waals surface area contributed by atoms with Gasteiger partial charge in [-0.25, -0.2) is 0 Å². The van der Waals surface area contributed by atoms with Gasteiger partial charge >= 0.3 is 0 Å². The molecule has 0 atom stereocenters. The molecule has 4 heteroatoms. The van der Waals surface area contributed by atoms with Gasteiger partial charge in [-0.3, -0.25) is 4.79 Å². The summed E-state index contributed by atoms with van der Waals surface area (Å²) in [5.41, 5.74) is 2.13. The van der Waals surface area contributed by atoms with E-state index in [9.17, 15) is 4.79 Å². The normalized spacial score (nSPS) is 16.1. The third-order valence-corrected chi connectivity index (χ3v) is 3.30. The van der Waals surface area contributed by atoms with E-state index in [1.165, 1.54) is 5.69 Å². The first-order valence-electron chi connectivity index (χ1n) is 7.30. The van der Waals surface area contributed by atoms with Crippen molar-refractivity contribution in [3.63, 3.8) is 0 Å². The molecule has 0 unspecified atom stereocenters. The van der Waals surface area contributed by atoms with Crippen molar-refractivity contribution in [3.8, 4) is 0 Å². The second-order valence-electron chi connectivity index (χ2n) is 6.38. The van der Waals surface area contributed by atoms with Crippen molar-refractivity contribution in [1.82, 2.24) is 10.6 Å². The predicted molar refractivity (Wildman–Crippen MR) is 83.1 cm³/mol. The monoisotopic (exact) mass is 275 g/mol. The lowest BCUT2D eigenvalue weighted by atomic mass is 10.1. The molecule has 1 heterocycles. The summed E-state index contributed by atoms with van der Waals surface area (Å²) in [5.74, 6) is 0.0763. The largest absolute Gasteiger partial charge is 0.369 e. The fourth-order valence-electron chi connectivity index (χ4n) is 2.40. The summed E-state index contributed by atoms with van der Waals surface area (Å²) in [6.07, 6.45) is 0.444. The molecule has 0 aromatic heterocycles. The number of hydrogen-bond acceptors (Lipinski definition) is 3. The van der Waals surface area contributed by atoms with Crippen LogP contribution in [0.25, 0.3) is 0 Å². The molecule has 0 bridgehead atoms. The number of rotatable bonds is 3. The van der Waals surface area contributed by atoms with Crippen molar-refractivity contribution >= 4 is 11.6 Å². The zero-order chi connectivity index (χ0) is 14.6. The first-order chi connectivity index (χ1) is 9.44. The Morgan fingerprint density at radius 2 is 1.80 bits per heavy atom. The number of amides is 1. The number of hydrogen-bond donors (Lipinski definition) is 2. The molecule has 4 nitrogen and oxygen atoms in total. The van der Waals surface area contributed by atoms with Crippen LogP contribution in [0.1, 0.15) is 26.3 Å². The molecule has 1 aliphatic heterocycles. The number of carbonyl (C=O) groups excluding carboxylic acids is 1. The van der Waals surface area contributed by atoms with Crippen LogP contribution in [0.4, 0.5) is 5.69 Å². The van der Waals surface area contributed by atoms with Gasteiger partial charge in [0.2, 0.25) is 5.91 Å². The Labute approximate surface area is 121 Å². The summed E-state index contributed by atoms with van der Waals surface area (Å²) >= 11 is 0. The maximum absolute atomic E-state index is 11.9. The minimum absolute atomic E-state index is 0.0763. The van der Waals surface area contributed by atoms with Gasteiger partial charge in [0, 0.05) is 37.4 Å². The molecular formula is C16H25N3O. The third kappa shape index (κ3) is 4.53. The number of piperazine rings is 1. The average Bonchev–Trinajstić information content (AvgIpc) is 2.38. The first kappa shape index (κ1) is 14.9. The van der Waals surface area contributed by atoms with Gasteiger partial charge in [0.05, 0.1) is 6.42 Å². The Hall–Kier alpha value is -1.55. The quantitative estimate of drug-likeness (QED) is 0.880. The number of anilines is 1. The molecular weight excluding hydrogens is 250 g/mol. The first-order valence-corrected chi connectivity index (χ1v) is 7.30. The van der Waals surface area contributed by atoms with Gasteiger partial charge in [-0.2, -0.15) is 0 Å². The fourth-order valence-corrected chi connectivity index (χ4v) is 2.40. The van der Waals surface area contributed by atoms with E-state index in [0.29, 0.717) is 6.42 Å². The van der Waals surface area contributed by atoms with Gasteiger partial charge in [0.1, 0.15) is 0 Å². The summed E-state index contributed by atoms with van der Waals surface area (Å²) in [5, 5.41) is 6.34. The van der Waals surface area contributed by atoms with Crippen LogP contribution in [0.5, 0.6) is 0 Å². The van der Waals surface area contributed by atoms with Crippen molar-refractivity contribution in [2.75, 3.05) is 31.1 Å². The van der Waals surface area contributed by atoms with Gasteiger partial charge in [-0.1, -0.05) is 12.1 Å². The Morgan fingerprint density at radius 3 is 2.35 bits per heavy atom. The zero-order valence-corrected chi connectivity index (χ0v) is 12.7. The molecule has 2 rings (SSSR count). The third-order valence-electron chi connectivity index (χ3n) is 3.30. The van der Waals surface area contributed by atoms with E-state index in [1.54, 1.807) is 0 Å². The average molecular weight is 275 g/mol. The van der Waals surface area contributed by atoms with Crippen molar-refractivity contribution in [2.45, 2.75) is 32.7 Å². The predicted octanol–water partition coefficient (Wildman–Crippen LogP) is 1.55. The molecule has 1 amide bonds. The molecule has 110 valence electrons. The molecule has 1 aromatic carbocycles. The number of benzene rings is 1. The van der Waals surface area contributed by atoms with Crippen LogP contribution in [0, 0.1) is 0 Å². The topological polar surface area (TPSA) is 44.4 Å². The van der Waals surface area contributed by atoms with Crippen LogP contribution >= 0.6 is 0 Å². The highest BCUT2D eigenvalue weighted by Gasteiger charge is 2.14. The maximum atomic E-state index is 11.9. The number of nitrogens with one attached hydrogen (secondary N) is 2. The van der Waals surface area contributed by atoms with E-state index in [1.807, 2.05) is 20.8 Å². The molecule has 0 spiro atoms. The van der Waals surface area contributed by atoms with Crippen molar-refractivity contribution in [2.24, 2.45) is 0 Å². The van der Waals surface area contributed by atoms with Crippen LogP contribution in [-0.4, -0.2) is 37.6 Å². The standard InChI is InChI=1S/C16H25N3O/c1-16(2,3)18-15(20)12-13-4-6-14(7-5-13)19-10-8-17-9-11-19/h4-7,17H,8-12H2,1-3H3,(H,18,20). The van der Waals surface area contributed by atoms with E-state index in [2.05, 4.69) is 39.8 Å². The van der Waals surface area contributed by atoms with Crippen LogP contribution in [0.2, 0.25) is 0 Å². The Bertz CT molecular complexity index is 442. The molecule has 0 saturated carbocycles. The summed E-state index contributed by atoms with van der Waals surface area (Å²) < 4.78 is 0. The van der Waals surface area contributed by atoms with Crippen molar-refractivity contribution < 1.29 is 4.79 Å². The van der Waals surface area contributed by atoms with Crippen molar-refractivity contribution in [1.29, 1.82) is 0 Å². The highest BCUT2D eigenvalue weighted by atomic mass is 16.1. The molecule has 20 heavy (non-hydrogen) atoms. The Kier molecular flexibility index (Phi) is 4.65. The lowest BCUT2D eigenvalue weighted by Gasteiger charge is -2.29. The molecule has 1 aromatic rings. The molecule has 1 fully saturated rings. The van der Waals surface area contributed by atoms with E-state index >= 15 is 0 Å². The second-order valence-corrected chi connectivity index (χ2v) is 6.38. The molecule has 2 N–H and O–H groups in total. The minimum atomic E-state index is -0.169. The van der Waals surface area contributed by atoms with Crippen LogP contribution in [0.3, 0.4) is 0 Å². The zero-order valence-electron chi connectivity index (χ0n) is 12.7. The van der Waals surface area contributed by atoms with Crippen LogP contribution < -0.4 is 15.5 Å². The van der Waals surface area contributed by atoms with Gasteiger partial charge in [-0.15, -0.1) is 0 Å². The summed E-state index contributed by atoms with van der Waals surface area (Å²) in [7, 11) is 0. The summed E-state index contributed by atoms with van der Waals surface area (Å²) in [6, 6.07) is 8.34. The van der Waals surface area contributed by atoms with Gasteiger partial charge in [0.15, 0.2) is 0 Å². The highest BCUT2D eigenvalue weighted by Crippen LogP contribution is 2.16. The van der Waals surface area contributed by atoms with E-state index in [4.69, 9.17) is 0 Å². The van der Waals surface area contributed by atoms with Gasteiger partial charge < -0.3 is 15.5 Å². The summed E-state index contributed by atoms with van der Waals surface area (Å²) in [6.45, 7) is 10.2. The number of nitrogens with zero attached hydrogens (tertiary/aromatic N) is 1. The highest BCUT2D eigenvalue weighted by molar-refractivity contribution is 5.79. The van der Waals surface area contributed by atoms with E-state index in [-0.39, 0.29) is 11.4 Å². The molecule has 1 aliphatic rings. The number of carbonyl (C=O) groups is 1. The lowest BCUT2D eigenvalue weighted by molar-refractivity contribution is -0.121. The molecule has 0 aliphatic carbocycles. The van der Waals surface area contributed by atoms with E-state index < -0.39 is 0 Å². The maximum Gasteiger partial charge on any atom is 0.224 e. The van der Waals surface area contributed by atoms with Gasteiger partial charge in [-0.05, 0) is 38.5 Å².